The molecule has 0 unspecified atom stereocenters. The van der Waals surface area contributed by atoms with E-state index in [1.165, 1.54) is 12.4 Å². The molecule has 0 aliphatic heterocycles. The topological polar surface area (TPSA) is 61.0 Å². The van der Waals surface area contributed by atoms with Crippen molar-refractivity contribution in [3.63, 3.8) is 0 Å². The number of aryl methyl sites for hydroxylation is 1. The number of rotatable bonds is 4. The van der Waals surface area contributed by atoms with E-state index in [2.05, 4.69) is 23.8 Å². The molecule has 0 bridgehead atoms. The summed E-state index contributed by atoms with van der Waals surface area (Å²) in [6, 6.07) is 3.80. The first-order chi connectivity index (χ1) is 9.90. The van der Waals surface area contributed by atoms with E-state index in [1.807, 2.05) is 19.1 Å². The molecule has 0 atom stereocenters. The van der Waals surface area contributed by atoms with E-state index in [0.717, 1.165) is 16.1 Å². The van der Waals surface area contributed by atoms with E-state index in [1.54, 1.807) is 0 Å². The second kappa shape index (κ2) is 6.37. The van der Waals surface area contributed by atoms with Crippen molar-refractivity contribution in [1.29, 1.82) is 0 Å². The maximum atomic E-state index is 6.26. The Balaban J connectivity index is 2.45. The first-order valence-corrected chi connectivity index (χ1v) is 7.27. The average Bonchev–Trinajstić information content (AvgIpc) is 2.41. The monoisotopic (exact) mass is 321 g/mol. The van der Waals surface area contributed by atoms with Crippen molar-refractivity contribution in [2.45, 2.75) is 26.7 Å². The standard InChI is InChI=1S/C15H16ClN3OS/c1-8(2)10-7-12(9(3)6-11(10)16)20-15-13(14(17)21)18-4-5-19-15/h4-8H,1-3H3,(H2,17,21). The summed E-state index contributed by atoms with van der Waals surface area (Å²) in [4.78, 5) is 8.39. The van der Waals surface area contributed by atoms with Crippen molar-refractivity contribution in [1.82, 2.24) is 9.97 Å². The molecule has 0 aliphatic carbocycles. The Morgan fingerprint density at radius 2 is 1.95 bits per heavy atom. The molecule has 2 rings (SSSR count). The zero-order valence-corrected chi connectivity index (χ0v) is 13.6. The van der Waals surface area contributed by atoms with Crippen LogP contribution in [0.2, 0.25) is 5.02 Å². The number of hydrogen-bond donors (Lipinski definition) is 1. The van der Waals surface area contributed by atoms with Crippen molar-refractivity contribution < 1.29 is 4.74 Å². The highest BCUT2D eigenvalue weighted by Gasteiger charge is 2.14. The van der Waals surface area contributed by atoms with Crippen LogP contribution in [0.4, 0.5) is 0 Å². The first-order valence-electron chi connectivity index (χ1n) is 6.49. The van der Waals surface area contributed by atoms with Crippen molar-refractivity contribution in [3.8, 4) is 11.6 Å². The number of nitrogens with zero attached hydrogens (tertiary/aromatic N) is 2. The summed E-state index contributed by atoms with van der Waals surface area (Å²) in [5, 5.41) is 0.726. The highest BCUT2D eigenvalue weighted by atomic mass is 35.5. The van der Waals surface area contributed by atoms with Gasteiger partial charge in [0.2, 0.25) is 5.88 Å². The van der Waals surface area contributed by atoms with E-state index in [0.29, 0.717) is 17.3 Å². The van der Waals surface area contributed by atoms with Crippen LogP contribution in [0, 0.1) is 6.92 Å². The average molecular weight is 322 g/mol. The number of ether oxygens (including phenoxy) is 1. The van der Waals surface area contributed by atoms with Crippen molar-refractivity contribution in [3.05, 3.63) is 46.4 Å². The highest BCUT2D eigenvalue weighted by molar-refractivity contribution is 7.80. The summed E-state index contributed by atoms with van der Waals surface area (Å²) in [6.45, 7) is 6.06. The van der Waals surface area contributed by atoms with Crippen LogP contribution in [0.5, 0.6) is 11.6 Å². The smallest absolute Gasteiger partial charge is 0.248 e. The normalized spacial score (nSPS) is 10.7. The van der Waals surface area contributed by atoms with Gasteiger partial charge >= 0.3 is 0 Å². The Kier molecular flexibility index (Phi) is 4.75. The second-order valence-corrected chi connectivity index (χ2v) is 5.82. The van der Waals surface area contributed by atoms with E-state index >= 15 is 0 Å². The van der Waals surface area contributed by atoms with E-state index in [4.69, 9.17) is 34.3 Å². The molecule has 1 aromatic heterocycles. The quantitative estimate of drug-likeness (QED) is 0.863. The van der Waals surface area contributed by atoms with Gasteiger partial charge in [0.05, 0.1) is 0 Å². The maximum absolute atomic E-state index is 6.26. The van der Waals surface area contributed by atoms with Crippen LogP contribution < -0.4 is 10.5 Å². The minimum Gasteiger partial charge on any atom is -0.437 e. The van der Waals surface area contributed by atoms with Gasteiger partial charge in [-0.15, -0.1) is 0 Å². The van der Waals surface area contributed by atoms with Crippen LogP contribution in [0.25, 0.3) is 0 Å². The zero-order valence-electron chi connectivity index (χ0n) is 12.1. The summed E-state index contributed by atoms with van der Waals surface area (Å²) in [7, 11) is 0. The maximum Gasteiger partial charge on any atom is 0.248 e. The molecule has 0 aliphatic rings. The fourth-order valence-corrected chi connectivity index (χ4v) is 2.47. The largest absolute Gasteiger partial charge is 0.437 e. The van der Waals surface area contributed by atoms with E-state index in [9.17, 15) is 0 Å². The summed E-state index contributed by atoms with van der Waals surface area (Å²) in [5.41, 5.74) is 7.92. The third-order valence-corrected chi connectivity index (χ3v) is 3.54. The fourth-order valence-electron chi connectivity index (χ4n) is 1.89. The lowest BCUT2D eigenvalue weighted by atomic mass is 10.0. The number of nitrogens with two attached hydrogens (primary N) is 1. The lowest BCUT2D eigenvalue weighted by Crippen LogP contribution is -2.13. The van der Waals surface area contributed by atoms with Gasteiger partial charge in [0.25, 0.3) is 0 Å². The third kappa shape index (κ3) is 3.49. The first kappa shape index (κ1) is 15.7. The number of thiocarbonyl (C=S) groups is 1. The van der Waals surface area contributed by atoms with Crippen LogP contribution in [0.1, 0.15) is 36.6 Å². The molecule has 2 N–H and O–H groups in total. The van der Waals surface area contributed by atoms with E-state index < -0.39 is 0 Å². The Labute approximate surface area is 134 Å². The molecule has 0 amide bonds. The van der Waals surface area contributed by atoms with Gasteiger partial charge in [-0.05, 0) is 36.1 Å². The molecule has 0 radical (unpaired) electrons. The minimum absolute atomic E-state index is 0.147. The fraction of sp³-hybridized carbons (Fsp3) is 0.267. The number of aromatic nitrogens is 2. The van der Waals surface area contributed by atoms with Crippen LogP contribution >= 0.6 is 23.8 Å². The van der Waals surface area contributed by atoms with Gasteiger partial charge in [0.1, 0.15) is 10.7 Å². The van der Waals surface area contributed by atoms with E-state index in [-0.39, 0.29) is 10.9 Å². The Morgan fingerprint density at radius 1 is 1.29 bits per heavy atom. The molecule has 4 nitrogen and oxygen atoms in total. The van der Waals surface area contributed by atoms with Gasteiger partial charge in [-0.1, -0.05) is 37.7 Å². The molecular weight excluding hydrogens is 306 g/mol. The predicted octanol–water partition coefficient (Wildman–Crippen LogP) is 3.99. The number of halogens is 1. The Bertz CT molecular complexity index is 689. The molecule has 1 aromatic carbocycles. The molecular formula is C15H16ClN3OS. The summed E-state index contributed by atoms with van der Waals surface area (Å²) in [6.07, 6.45) is 3.06. The van der Waals surface area contributed by atoms with Crippen LogP contribution in [0.3, 0.4) is 0 Å². The Hall–Kier alpha value is -1.72. The summed E-state index contributed by atoms with van der Waals surface area (Å²) in [5.74, 6) is 1.25. The van der Waals surface area contributed by atoms with Gasteiger partial charge in [-0.2, -0.15) is 0 Å². The molecule has 0 fully saturated rings. The predicted molar refractivity (Wildman–Crippen MR) is 88.3 cm³/mol. The van der Waals surface area contributed by atoms with Gasteiger partial charge in [0, 0.05) is 17.4 Å². The van der Waals surface area contributed by atoms with Gasteiger partial charge in [-0.3, -0.25) is 0 Å². The third-order valence-electron chi connectivity index (χ3n) is 3.02. The number of benzene rings is 1. The van der Waals surface area contributed by atoms with Crippen molar-refractivity contribution in [2.24, 2.45) is 5.73 Å². The minimum atomic E-state index is 0.147. The lowest BCUT2D eigenvalue weighted by Gasteiger charge is -2.14. The van der Waals surface area contributed by atoms with Gasteiger partial charge in [-0.25, -0.2) is 9.97 Å². The lowest BCUT2D eigenvalue weighted by molar-refractivity contribution is 0.454. The molecule has 0 spiro atoms. The van der Waals surface area contributed by atoms with Crippen LogP contribution in [-0.2, 0) is 0 Å². The summed E-state index contributed by atoms with van der Waals surface area (Å²) >= 11 is 11.2. The van der Waals surface area contributed by atoms with Gasteiger partial charge in [0.15, 0.2) is 5.69 Å². The Morgan fingerprint density at radius 3 is 2.57 bits per heavy atom. The molecule has 110 valence electrons. The second-order valence-electron chi connectivity index (χ2n) is 4.97. The van der Waals surface area contributed by atoms with Crippen molar-refractivity contribution in [2.75, 3.05) is 0 Å². The zero-order chi connectivity index (χ0) is 15.6. The molecule has 6 heteroatoms. The van der Waals surface area contributed by atoms with Crippen molar-refractivity contribution >= 4 is 28.8 Å². The molecule has 0 saturated heterocycles. The molecule has 1 heterocycles. The molecule has 0 saturated carbocycles. The number of hydrogen-bond acceptors (Lipinski definition) is 4. The van der Waals surface area contributed by atoms with Crippen LogP contribution in [-0.4, -0.2) is 15.0 Å². The highest BCUT2D eigenvalue weighted by Crippen LogP contribution is 2.33. The van der Waals surface area contributed by atoms with Crippen LogP contribution in [0.15, 0.2) is 24.5 Å². The molecule has 21 heavy (non-hydrogen) atoms. The SMILES string of the molecule is Cc1cc(Cl)c(C(C)C)cc1Oc1nccnc1C(N)=S. The molecule has 2 aromatic rings. The van der Waals surface area contributed by atoms with Gasteiger partial charge < -0.3 is 10.5 Å². The summed E-state index contributed by atoms with van der Waals surface area (Å²) < 4.78 is 5.85.